The summed E-state index contributed by atoms with van der Waals surface area (Å²) in [5, 5.41) is 0. The van der Waals surface area contributed by atoms with E-state index in [-0.39, 0.29) is 5.91 Å². The predicted molar refractivity (Wildman–Crippen MR) is 66.0 cm³/mol. The van der Waals surface area contributed by atoms with Gasteiger partial charge in [0.25, 0.3) is 0 Å². The van der Waals surface area contributed by atoms with E-state index in [0.29, 0.717) is 18.7 Å². The second kappa shape index (κ2) is 6.51. The molecule has 1 amide bonds. The third-order valence-electron chi connectivity index (χ3n) is 2.28. The maximum absolute atomic E-state index is 11.7. The number of hydrogen-bond donors (Lipinski definition) is 1. The van der Waals surface area contributed by atoms with Crippen LogP contribution in [0, 0.1) is 0 Å². The van der Waals surface area contributed by atoms with Gasteiger partial charge in [-0.05, 0) is 18.2 Å². The molecule has 0 unspecified atom stereocenters. The van der Waals surface area contributed by atoms with Gasteiger partial charge in [-0.3, -0.25) is 4.79 Å². The van der Waals surface area contributed by atoms with E-state index in [4.69, 9.17) is 0 Å². The van der Waals surface area contributed by atoms with E-state index < -0.39 is 0 Å². The Kier molecular flexibility index (Phi) is 5.26. The standard InChI is InChI=1S/C12H17NOS/c1-2-13(12(14)8-9-15)10-11-6-4-3-5-7-11/h3-7,15H,2,8-10H2,1H3. The average molecular weight is 223 g/mol. The molecule has 3 heteroatoms. The number of nitrogens with zero attached hydrogens (tertiary/aromatic N) is 1. The molecule has 0 N–H and O–H groups in total. The summed E-state index contributed by atoms with van der Waals surface area (Å²) in [5.74, 6) is 0.792. The first-order valence-electron chi connectivity index (χ1n) is 5.20. The summed E-state index contributed by atoms with van der Waals surface area (Å²) in [5.41, 5.74) is 1.17. The zero-order valence-corrected chi connectivity index (χ0v) is 9.91. The van der Waals surface area contributed by atoms with E-state index in [0.717, 1.165) is 6.54 Å². The summed E-state index contributed by atoms with van der Waals surface area (Å²) in [4.78, 5) is 13.5. The lowest BCUT2D eigenvalue weighted by Crippen LogP contribution is -2.30. The van der Waals surface area contributed by atoms with E-state index in [2.05, 4.69) is 12.6 Å². The Labute approximate surface area is 96.7 Å². The van der Waals surface area contributed by atoms with Crippen molar-refractivity contribution in [1.82, 2.24) is 4.90 Å². The van der Waals surface area contributed by atoms with E-state index in [9.17, 15) is 4.79 Å². The largest absolute Gasteiger partial charge is 0.339 e. The highest BCUT2D eigenvalue weighted by atomic mass is 32.1. The van der Waals surface area contributed by atoms with Crippen molar-refractivity contribution in [3.05, 3.63) is 35.9 Å². The van der Waals surface area contributed by atoms with Gasteiger partial charge < -0.3 is 4.90 Å². The van der Waals surface area contributed by atoms with Crippen molar-refractivity contribution in [1.29, 1.82) is 0 Å². The van der Waals surface area contributed by atoms with Gasteiger partial charge in [0, 0.05) is 19.5 Å². The minimum Gasteiger partial charge on any atom is -0.339 e. The lowest BCUT2D eigenvalue weighted by molar-refractivity contribution is -0.131. The van der Waals surface area contributed by atoms with E-state index >= 15 is 0 Å². The molecule has 0 saturated heterocycles. The Morgan fingerprint density at radius 1 is 1.33 bits per heavy atom. The quantitative estimate of drug-likeness (QED) is 0.760. The minimum atomic E-state index is 0.177. The lowest BCUT2D eigenvalue weighted by atomic mass is 10.2. The SMILES string of the molecule is CCN(Cc1ccccc1)C(=O)CCS. The lowest BCUT2D eigenvalue weighted by Gasteiger charge is -2.20. The Morgan fingerprint density at radius 2 is 2.00 bits per heavy atom. The van der Waals surface area contributed by atoms with Crippen molar-refractivity contribution in [2.24, 2.45) is 0 Å². The van der Waals surface area contributed by atoms with Gasteiger partial charge in [0.05, 0.1) is 0 Å². The Bertz CT molecular complexity index is 300. The number of benzene rings is 1. The van der Waals surface area contributed by atoms with Crippen LogP contribution in [0.5, 0.6) is 0 Å². The third-order valence-corrected chi connectivity index (χ3v) is 2.50. The van der Waals surface area contributed by atoms with E-state index in [1.807, 2.05) is 42.2 Å². The molecule has 1 aromatic carbocycles. The normalized spacial score (nSPS) is 10.0. The molecule has 2 nitrogen and oxygen atoms in total. The summed E-state index contributed by atoms with van der Waals surface area (Å²) in [6.07, 6.45) is 0.518. The van der Waals surface area contributed by atoms with E-state index in [1.165, 1.54) is 5.56 Å². The van der Waals surface area contributed by atoms with Crippen LogP contribution in [-0.4, -0.2) is 23.1 Å². The van der Waals surface area contributed by atoms with Crippen LogP contribution < -0.4 is 0 Å². The molecule has 0 aliphatic rings. The van der Waals surface area contributed by atoms with Gasteiger partial charge in [0.2, 0.25) is 5.91 Å². The molecule has 15 heavy (non-hydrogen) atoms. The molecule has 0 radical (unpaired) electrons. The zero-order valence-electron chi connectivity index (χ0n) is 9.02. The first-order valence-corrected chi connectivity index (χ1v) is 5.83. The average Bonchev–Trinajstić information content (AvgIpc) is 2.27. The molecule has 0 bridgehead atoms. The fourth-order valence-corrected chi connectivity index (χ4v) is 1.63. The molecule has 82 valence electrons. The second-order valence-electron chi connectivity index (χ2n) is 3.37. The van der Waals surface area contributed by atoms with Gasteiger partial charge in [-0.15, -0.1) is 0 Å². The summed E-state index contributed by atoms with van der Waals surface area (Å²) in [6, 6.07) is 10.0. The van der Waals surface area contributed by atoms with Gasteiger partial charge in [-0.2, -0.15) is 12.6 Å². The molecular formula is C12H17NOS. The van der Waals surface area contributed by atoms with Crippen LogP contribution in [-0.2, 0) is 11.3 Å². The van der Waals surface area contributed by atoms with Crippen molar-refractivity contribution < 1.29 is 4.79 Å². The molecule has 0 aliphatic heterocycles. The minimum absolute atomic E-state index is 0.177. The molecule has 0 saturated carbocycles. The summed E-state index contributed by atoms with van der Waals surface area (Å²) < 4.78 is 0. The fourth-order valence-electron chi connectivity index (χ4n) is 1.43. The number of hydrogen-bond acceptors (Lipinski definition) is 2. The van der Waals surface area contributed by atoms with Crippen molar-refractivity contribution in [2.45, 2.75) is 19.9 Å². The number of carbonyl (C=O) groups is 1. The number of amides is 1. The predicted octanol–water partition coefficient (Wildman–Crippen LogP) is 2.36. The molecule has 0 aliphatic carbocycles. The fraction of sp³-hybridized carbons (Fsp3) is 0.417. The van der Waals surface area contributed by atoms with Crippen LogP contribution >= 0.6 is 12.6 Å². The Morgan fingerprint density at radius 3 is 2.53 bits per heavy atom. The van der Waals surface area contributed by atoms with Gasteiger partial charge in [0.15, 0.2) is 0 Å². The Hall–Kier alpha value is -0.960. The molecular weight excluding hydrogens is 206 g/mol. The van der Waals surface area contributed by atoms with E-state index in [1.54, 1.807) is 0 Å². The van der Waals surface area contributed by atoms with Crippen LogP contribution in [0.25, 0.3) is 0 Å². The first kappa shape index (κ1) is 12.1. The van der Waals surface area contributed by atoms with Gasteiger partial charge in [0.1, 0.15) is 0 Å². The highest BCUT2D eigenvalue weighted by molar-refractivity contribution is 7.80. The summed E-state index contributed by atoms with van der Waals surface area (Å²) in [7, 11) is 0. The van der Waals surface area contributed by atoms with Crippen LogP contribution in [0.1, 0.15) is 18.9 Å². The highest BCUT2D eigenvalue weighted by Crippen LogP contribution is 2.05. The number of rotatable bonds is 5. The van der Waals surface area contributed by atoms with Crippen molar-refractivity contribution >= 4 is 18.5 Å². The molecule has 0 atom stereocenters. The van der Waals surface area contributed by atoms with Crippen molar-refractivity contribution in [2.75, 3.05) is 12.3 Å². The molecule has 0 fully saturated rings. The zero-order chi connectivity index (χ0) is 11.1. The van der Waals surface area contributed by atoms with Crippen LogP contribution in [0.3, 0.4) is 0 Å². The monoisotopic (exact) mass is 223 g/mol. The first-order chi connectivity index (χ1) is 7.27. The van der Waals surface area contributed by atoms with Gasteiger partial charge in [-0.1, -0.05) is 30.3 Å². The van der Waals surface area contributed by atoms with Crippen molar-refractivity contribution in [3.8, 4) is 0 Å². The maximum Gasteiger partial charge on any atom is 0.223 e. The van der Waals surface area contributed by atoms with Crippen LogP contribution in [0.15, 0.2) is 30.3 Å². The number of carbonyl (C=O) groups excluding carboxylic acids is 1. The van der Waals surface area contributed by atoms with Crippen molar-refractivity contribution in [3.63, 3.8) is 0 Å². The summed E-state index contributed by atoms with van der Waals surface area (Å²) in [6.45, 7) is 3.45. The molecule has 0 spiro atoms. The van der Waals surface area contributed by atoms with Gasteiger partial charge in [-0.25, -0.2) is 0 Å². The maximum atomic E-state index is 11.7. The topological polar surface area (TPSA) is 20.3 Å². The Balaban J connectivity index is 2.58. The highest BCUT2D eigenvalue weighted by Gasteiger charge is 2.10. The number of thiol groups is 1. The molecule has 1 aromatic rings. The second-order valence-corrected chi connectivity index (χ2v) is 3.81. The molecule has 0 heterocycles. The smallest absolute Gasteiger partial charge is 0.223 e. The van der Waals surface area contributed by atoms with Gasteiger partial charge >= 0.3 is 0 Å². The summed E-state index contributed by atoms with van der Waals surface area (Å²) >= 11 is 4.07. The third kappa shape index (κ3) is 3.96. The van der Waals surface area contributed by atoms with Crippen LogP contribution in [0.4, 0.5) is 0 Å². The molecule has 1 rings (SSSR count). The molecule has 0 aromatic heterocycles. The van der Waals surface area contributed by atoms with Crippen LogP contribution in [0.2, 0.25) is 0 Å².